The Kier molecular flexibility index (Phi) is 11.0. The first kappa shape index (κ1) is 30.6. The molecule has 42 heavy (non-hydrogen) atoms. The Morgan fingerprint density at radius 2 is 1.21 bits per heavy atom. The molecule has 0 spiro atoms. The van der Waals surface area contributed by atoms with Crippen LogP contribution in [0.3, 0.4) is 0 Å². The quantitative estimate of drug-likeness (QED) is 0.165. The zero-order chi connectivity index (χ0) is 29.3. The smallest absolute Gasteiger partial charge is 0.314 e. The van der Waals surface area contributed by atoms with E-state index in [1.165, 1.54) is 56.9 Å². The molecule has 0 bridgehead atoms. The summed E-state index contributed by atoms with van der Waals surface area (Å²) in [7, 11) is 2.15. The second-order valence-electron chi connectivity index (χ2n) is 13.0. The van der Waals surface area contributed by atoms with Crippen molar-refractivity contribution in [1.82, 2.24) is 4.90 Å². The maximum Gasteiger partial charge on any atom is 0.314 e. The van der Waals surface area contributed by atoms with E-state index in [1.54, 1.807) is 0 Å². The summed E-state index contributed by atoms with van der Waals surface area (Å²) in [4.78, 5) is 30.4. The minimum atomic E-state index is -0.195. The van der Waals surface area contributed by atoms with Gasteiger partial charge in [-0.15, -0.1) is 0 Å². The molecule has 6 nitrogen and oxygen atoms in total. The van der Waals surface area contributed by atoms with Crippen molar-refractivity contribution in [2.24, 2.45) is 17.8 Å². The van der Waals surface area contributed by atoms with E-state index in [9.17, 15) is 9.59 Å². The molecule has 6 heteroatoms. The van der Waals surface area contributed by atoms with Crippen LogP contribution < -0.4 is 14.4 Å². The number of carbonyl (C=O) groups excluding carboxylic acids is 2. The fourth-order valence-electron chi connectivity index (χ4n) is 7.03. The molecular weight excluding hydrogens is 524 g/mol. The number of ether oxygens (including phenoxy) is 2. The van der Waals surface area contributed by atoms with E-state index in [2.05, 4.69) is 35.9 Å². The first-order valence-electron chi connectivity index (χ1n) is 16.6. The molecule has 3 aliphatic rings. The van der Waals surface area contributed by atoms with Crippen LogP contribution in [0.4, 0.5) is 5.69 Å². The average Bonchev–Trinajstić information content (AvgIpc) is 3.03. The summed E-state index contributed by atoms with van der Waals surface area (Å²) in [6.07, 6.45) is 13.3. The Morgan fingerprint density at radius 3 is 1.74 bits per heavy atom. The second kappa shape index (κ2) is 15.0. The van der Waals surface area contributed by atoms with Crippen molar-refractivity contribution in [1.29, 1.82) is 0 Å². The number of hydrogen-bond acceptors (Lipinski definition) is 6. The van der Waals surface area contributed by atoms with Crippen LogP contribution in [0.2, 0.25) is 0 Å². The summed E-state index contributed by atoms with van der Waals surface area (Å²) in [6.45, 7) is 6.40. The Hall–Kier alpha value is -2.86. The van der Waals surface area contributed by atoms with E-state index in [0.717, 1.165) is 37.8 Å². The first-order valence-corrected chi connectivity index (χ1v) is 16.6. The summed E-state index contributed by atoms with van der Waals surface area (Å²) in [5.74, 6) is 2.03. The van der Waals surface area contributed by atoms with Crippen molar-refractivity contribution in [3.8, 4) is 11.5 Å². The highest BCUT2D eigenvalue weighted by Gasteiger charge is 2.32. The van der Waals surface area contributed by atoms with Gasteiger partial charge in [0.15, 0.2) is 0 Å². The third-order valence-electron chi connectivity index (χ3n) is 9.95. The topological polar surface area (TPSA) is 59.1 Å². The molecular formula is C36H50N2O4. The lowest BCUT2D eigenvalue weighted by Crippen LogP contribution is -2.44. The van der Waals surface area contributed by atoms with Gasteiger partial charge >= 0.3 is 11.9 Å². The molecule has 0 radical (unpaired) electrons. The van der Waals surface area contributed by atoms with Gasteiger partial charge in [0.05, 0.1) is 11.8 Å². The molecule has 1 aliphatic heterocycles. The van der Waals surface area contributed by atoms with E-state index in [-0.39, 0.29) is 23.8 Å². The summed E-state index contributed by atoms with van der Waals surface area (Å²) in [5.41, 5.74) is 2.53. The molecule has 2 aromatic carbocycles. The SMILES string of the molecule is CCCCCC1CCC(c2ccc(OC(=O)C3CCC(C(=O)Oc4ccc(N5CCN(C)CC5)cc4)CC3)cc2)CC1. The van der Waals surface area contributed by atoms with Crippen molar-refractivity contribution >= 4 is 17.6 Å². The Morgan fingerprint density at radius 1 is 0.690 bits per heavy atom. The summed E-state index contributed by atoms with van der Waals surface area (Å²) in [5, 5.41) is 0. The molecule has 3 fully saturated rings. The van der Waals surface area contributed by atoms with Crippen LogP contribution in [0, 0.1) is 17.8 Å². The summed E-state index contributed by atoms with van der Waals surface area (Å²) >= 11 is 0. The standard InChI is InChI=1S/C36H50N2O4/c1-3-4-5-6-27-7-9-28(10-8-27)29-15-19-33(20-16-29)41-35(39)30-11-13-31(14-12-30)36(40)42-34-21-17-32(18-22-34)38-25-23-37(2)24-26-38/h15-22,27-28,30-31H,3-14,23-26H2,1-2H3. The zero-order valence-electron chi connectivity index (χ0n) is 25.8. The molecule has 0 atom stereocenters. The molecule has 0 unspecified atom stereocenters. The van der Waals surface area contributed by atoms with Crippen molar-refractivity contribution in [2.75, 3.05) is 38.1 Å². The second-order valence-corrected chi connectivity index (χ2v) is 13.0. The zero-order valence-corrected chi connectivity index (χ0v) is 25.8. The average molecular weight is 575 g/mol. The number of rotatable bonds is 10. The maximum atomic E-state index is 12.9. The highest BCUT2D eigenvalue weighted by atomic mass is 16.5. The Balaban J connectivity index is 1.02. The predicted octanol–water partition coefficient (Wildman–Crippen LogP) is 7.61. The van der Waals surface area contributed by atoms with Crippen LogP contribution in [0.25, 0.3) is 0 Å². The van der Waals surface area contributed by atoms with Gasteiger partial charge in [0, 0.05) is 31.9 Å². The number of hydrogen-bond donors (Lipinski definition) is 0. The van der Waals surface area contributed by atoms with Crippen LogP contribution in [0.15, 0.2) is 48.5 Å². The largest absolute Gasteiger partial charge is 0.426 e. The molecule has 0 aromatic heterocycles. The van der Waals surface area contributed by atoms with Gasteiger partial charge in [-0.05, 0) is 112 Å². The van der Waals surface area contributed by atoms with E-state index < -0.39 is 0 Å². The van der Waals surface area contributed by atoms with Gasteiger partial charge in [-0.2, -0.15) is 0 Å². The van der Waals surface area contributed by atoms with Gasteiger partial charge < -0.3 is 19.3 Å². The van der Waals surface area contributed by atoms with Gasteiger partial charge in [0.2, 0.25) is 0 Å². The van der Waals surface area contributed by atoms with Crippen molar-refractivity contribution in [3.05, 3.63) is 54.1 Å². The molecule has 228 valence electrons. The lowest BCUT2D eigenvalue weighted by atomic mass is 9.77. The van der Waals surface area contributed by atoms with E-state index in [1.807, 2.05) is 36.4 Å². The molecule has 2 aromatic rings. The molecule has 1 heterocycles. The van der Waals surface area contributed by atoms with E-state index >= 15 is 0 Å². The van der Waals surface area contributed by atoms with Gasteiger partial charge in [0.25, 0.3) is 0 Å². The predicted molar refractivity (Wildman–Crippen MR) is 168 cm³/mol. The number of nitrogens with zero attached hydrogens (tertiary/aromatic N) is 2. The summed E-state index contributed by atoms with van der Waals surface area (Å²) in [6, 6.07) is 16.1. The number of unbranched alkanes of at least 4 members (excludes halogenated alkanes) is 2. The Bertz CT molecular complexity index is 1120. The van der Waals surface area contributed by atoms with Crippen LogP contribution >= 0.6 is 0 Å². The minimum absolute atomic E-state index is 0.167. The molecule has 2 saturated carbocycles. The normalized spacial score (nSPS) is 25.1. The third kappa shape index (κ3) is 8.37. The van der Waals surface area contributed by atoms with Crippen LogP contribution in [-0.4, -0.2) is 50.1 Å². The Labute approximate surface area is 252 Å². The van der Waals surface area contributed by atoms with Crippen molar-refractivity contribution in [3.63, 3.8) is 0 Å². The number of anilines is 1. The molecule has 0 N–H and O–H groups in total. The number of likely N-dealkylation sites (N-methyl/N-ethyl adjacent to an activating group) is 1. The van der Waals surface area contributed by atoms with E-state index in [4.69, 9.17) is 9.47 Å². The van der Waals surface area contributed by atoms with E-state index in [0.29, 0.717) is 43.1 Å². The number of piperazine rings is 1. The van der Waals surface area contributed by atoms with Crippen LogP contribution in [-0.2, 0) is 9.59 Å². The van der Waals surface area contributed by atoms with Crippen LogP contribution in [0.5, 0.6) is 11.5 Å². The lowest BCUT2D eigenvalue weighted by Gasteiger charge is -2.34. The maximum absolute atomic E-state index is 12.9. The van der Waals surface area contributed by atoms with Crippen LogP contribution in [0.1, 0.15) is 95.5 Å². The van der Waals surface area contributed by atoms with Gasteiger partial charge in [-0.3, -0.25) is 9.59 Å². The van der Waals surface area contributed by atoms with Gasteiger partial charge in [-0.25, -0.2) is 0 Å². The number of carbonyl (C=O) groups is 2. The fraction of sp³-hybridized carbons (Fsp3) is 0.611. The molecule has 2 aliphatic carbocycles. The van der Waals surface area contributed by atoms with Gasteiger partial charge in [-0.1, -0.05) is 44.7 Å². The fourth-order valence-corrected chi connectivity index (χ4v) is 7.03. The molecule has 1 saturated heterocycles. The minimum Gasteiger partial charge on any atom is -0.426 e. The highest BCUT2D eigenvalue weighted by molar-refractivity contribution is 5.78. The number of esters is 2. The first-order chi connectivity index (χ1) is 20.5. The monoisotopic (exact) mass is 574 g/mol. The van der Waals surface area contributed by atoms with Crippen molar-refractivity contribution in [2.45, 2.75) is 89.9 Å². The number of benzene rings is 2. The third-order valence-corrected chi connectivity index (χ3v) is 9.95. The lowest BCUT2D eigenvalue weighted by molar-refractivity contribution is -0.145. The van der Waals surface area contributed by atoms with Gasteiger partial charge in [0.1, 0.15) is 11.5 Å². The van der Waals surface area contributed by atoms with Crippen molar-refractivity contribution < 1.29 is 19.1 Å². The molecule has 5 rings (SSSR count). The molecule has 0 amide bonds. The highest BCUT2D eigenvalue weighted by Crippen LogP contribution is 2.38. The summed E-state index contributed by atoms with van der Waals surface area (Å²) < 4.78 is 11.5.